The molecule has 0 unspecified atom stereocenters. The Bertz CT molecular complexity index is 936. The Balaban J connectivity index is 1.93. The van der Waals surface area contributed by atoms with Crippen molar-refractivity contribution in [1.29, 1.82) is 0 Å². The van der Waals surface area contributed by atoms with E-state index in [1.165, 1.54) is 18.3 Å². The van der Waals surface area contributed by atoms with Crippen LogP contribution in [-0.2, 0) is 6.18 Å². The minimum absolute atomic E-state index is 0.271. The van der Waals surface area contributed by atoms with E-state index < -0.39 is 17.8 Å². The second-order valence-corrected chi connectivity index (χ2v) is 5.33. The first-order valence-corrected chi connectivity index (χ1v) is 7.13. The molecule has 3 rings (SSSR count). The van der Waals surface area contributed by atoms with E-state index >= 15 is 0 Å². The Morgan fingerprint density at radius 1 is 1.21 bits per heavy atom. The van der Waals surface area contributed by atoms with E-state index in [2.05, 4.69) is 20.5 Å². The number of benzene rings is 1. The Morgan fingerprint density at radius 3 is 2.75 bits per heavy atom. The first kappa shape index (κ1) is 16.0. The summed E-state index contributed by atoms with van der Waals surface area (Å²) in [4.78, 5) is 14.0. The quantitative estimate of drug-likeness (QED) is 0.769. The second kappa shape index (κ2) is 5.95. The maximum atomic E-state index is 12.8. The number of halogens is 3. The summed E-state index contributed by atoms with van der Waals surface area (Å²) < 4.78 is 38.5. The van der Waals surface area contributed by atoms with Crippen LogP contribution >= 0.6 is 0 Å². The third-order valence-electron chi connectivity index (χ3n) is 3.62. The van der Waals surface area contributed by atoms with Crippen molar-refractivity contribution in [2.45, 2.75) is 19.1 Å². The van der Waals surface area contributed by atoms with Gasteiger partial charge in [-0.15, -0.1) is 5.10 Å². The van der Waals surface area contributed by atoms with Gasteiger partial charge in [0.25, 0.3) is 0 Å². The Morgan fingerprint density at radius 2 is 2.00 bits per heavy atom. The molecule has 0 aliphatic heterocycles. The molecule has 5 nitrogen and oxygen atoms in total. The number of alkyl halides is 3. The number of fused-ring (bicyclic) bond motifs is 1. The monoisotopic (exact) mass is 334 g/mol. The molecule has 1 aromatic carbocycles. The van der Waals surface area contributed by atoms with Gasteiger partial charge in [0.2, 0.25) is 5.56 Å². The lowest BCUT2D eigenvalue weighted by atomic mass is 10.0. The number of rotatable bonds is 3. The molecule has 0 spiro atoms. The van der Waals surface area contributed by atoms with Gasteiger partial charge in [-0.2, -0.15) is 18.3 Å². The Labute approximate surface area is 134 Å². The van der Waals surface area contributed by atoms with Gasteiger partial charge in [0.1, 0.15) is 0 Å². The lowest BCUT2D eigenvalue weighted by molar-refractivity contribution is -0.137. The molecular weight excluding hydrogens is 321 g/mol. The fraction of sp³-hybridized carbons (Fsp3) is 0.188. The van der Waals surface area contributed by atoms with Crippen LogP contribution in [0.5, 0.6) is 0 Å². The van der Waals surface area contributed by atoms with Gasteiger partial charge in [0.15, 0.2) is 5.82 Å². The highest BCUT2D eigenvalue weighted by molar-refractivity contribution is 5.88. The van der Waals surface area contributed by atoms with E-state index in [1.54, 1.807) is 19.1 Å². The largest absolute Gasteiger partial charge is 0.416 e. The van der Waals surface area contributed by atoms with Crippen LogP contribution in [-0.4, -0.2) is 15.2 Å². The number of aromatic amines is 1. The maximum absolute atomic E-state index is 12.8. The molecule has 0 aliphatic rings. The van der Waals surface area contributed by atoms with Crippen LogP contribution in [0.3, 0.4) is 0 Å². The molecule has 2 aromatic heterocycles. The molecular formula is C16H13F3N4O. The lowest BCUT2D eigenvalue weighted by Gasteiger charge is -2.17. The number of nitrogens with one attached hydrogen (secondary N) is 2. The molecule has 0 radical (unpaired) electrons. The second-order valence-electron chi connectivity index (χ2n) is 5.33. The van der Waals surface area contributed by atoms with Gasteiger partial charge in [-0.25, -0.2) is 0 Å². The maximum Gasteiger partial charge on any atom is 0.416 e. The lowest BCUT2D eigenvalue weighted by Crippen LogP contribution is -2.12. The first-order valence-electron chi connectivity index (χ1n) is 7.13. The Kier molecular flexibility index (Phi) is 3.96. The van der Waals surface area contributed by atoms with Crippen molar-refractivity contribution in [3.05, 3.63) is 64.1 Å². The summed E-state index contributed by atoms with van der Waals surface area (Å²) in [5, 5.41) is 11.4. The van der Waals surface area contributed by atoms with E-state index in [4.69, 9.17) is 0 Å². The molecule has 3 aromatic rings. The molecule has 0 amide bonds. The zero-order valence-corrected chi connectivity index (χ0v) is 12.6. The summed E-state index contributed by atoms with van der Waals surface area (Å²) >= 11 is 0. The standard InChI is InChI=1S/C16H13F3N4O/c1-9(10-3-2-4-11(7-10)16(17,18)19)21-15-12-5-6-14(24)22-13(12)8-20-23-15/h2-9H,1H3,(H,21,23)(H,22,24)/t9-/m1/s1. The van der Waals surface area contributed by atoms with E-state index in [0.717, 1.165) is 12.1 Å². The number of H-pyrrole nitrogens is 1. The summed E-state index contributed by atoms with van der Waals surface area (Å²) in [5.41, 5.74) is -0.0151. The van der Waals surface area contributed by atoms with Gasteiger partial charge in [0.05, 0.1) is 23.3 Å². The summed E-state index contributed by atoms with van der Waals surface area (Å²) in [7, 11) is 0. The minimum atomic E-state index is -4.39. The van der Waals surface area contributed by atoms with Gasteiger partial charge >= 0.3 is 6.18 Å². The molecule has 0 saturated heterocycles. The van der Waals surface area contributed by atoms with Gasteiger partial charge < -0.3 is 10.3 Å². The third kappa shape index (κ3) is 3.22. The number of aromatic nitrogens is 3. The number of hydrogen-bond acceptors (Lipinski definition) is 4. The number of nitrogens with zero attached hydrogens (tertiary/aromatic N) is 2. The number of hydrogen-bond donors (Lipinski definition) is 2. The van der Waals surface area contributed by atoms with Crippen molar-refractivity contribution < 1.29 is 13.2 Å². The predicted octanol–water partition coefficient (Wildman–Crippen LogP) is 3.51. The first-order chi connectivity index (χ1) is 11.3. The number of pyridine rings is 1. The van der Waals surface area contributed by atoms with Crippen molar-refractivity contribution in [1.82, 2.24) is 15.2 Å². The molecule has 0 bridgehead atoms. The minimum Gasteiger partial charge on any atom is -0.361 e. The summed E-state index contributed by atoms with van der Waals surface area (Å²) in [6.07, 6.45) is -2.98. The smallest absolute Gasteiger partial charge is 0.361 e. The summed E-state index contributed by atoms with van der Waals surface area (Å²) in [5.74, 6) is 0.383. The molecule has 0 fully saturated rings. The molecule has 2 N–H and O–H groups in total. The molecule has 124 valence electrons. The van der Waals surface area contributed by atoms with Crippen molar-refractivity contribution in [3.63, 3.8) is 0 Å². The molecule has 0 aliphatic carbocycles. The molecule has 8 heteroatoms. The van der Waals surface area contributed by atoms with Crippen LogP contribution in [0.2, 0.25) is 0 Å². The average Bonchev–Trinajstić information content (AvgIpc) is 2.54. The topological polar surface area (TPSA) is 70.7 Å². The van der Waals surface area contributed by atoms with Crippen molar-refractivity contribution >= 4 is 16.7 Å². The van der Waals surface area contributed by atoms with Crippen LogP contribution in [0.1, 0.15) is 24.1 Å². The van der Waals surface area contributed by atoms with Gasteiger partial charge in [-0.1, -0.05) is 12.1 Å². The summed E-state index contributed by atoms with van der Waals surface area (Å²) in [6, 6.07) is 7.60. The van der Waals surface area contributed by atoms with E-state index in [9.17, 15) is 18.0 Å². The molecule has 24 heavy (non-hydrogen) atoms. The molecule has 2 heterocycles. The van der Waals surface area contributed by atoms with Crippen LogP contribution in [0.15, 0.2) is 47.4 Å². The van der Waals surface area contributed by atoms with Gasteiger partial charge in [-0.3, -0.25) is 4.79 Å². The SMILES string of the molecule is C[C@@H](Nc1nncc2[nH]c(=O)ccc12)c1cccc(C(F)(F)F)c1. The number of anilines is 1. The molecule has 1 atom stereocenters. The molecule has 0 saturated carbocycles. The van der Waals surface area contributed by atoms with Crippen molar-refractivity contribution in [3.8, 4) is 0 Å². The zero-order chi connectivity index (χ0) is 17.3. The van der Waals surface area contributed by atoms with E-state index in [0.29, 0.717) is 22.3 Å². The van der Waals surface area contributed by atoms with Gasteiger partial charge in [-0.05, 0) is 30.7 Å². The fourth-order valence-corrected chi connectivity index (χ4v) is 2.38. The fourth-order valence-electron chi connectivity index (χ4n) is 2.38. The van der Waals surface area contributed by atoms with Crippen molar-refractivity contribution in [2.75, 3.05) is 5.32 Å². The highest BCUT2D eigenvalue weighted by Crippen LogP contribution is 2.31. The average molecular weight is 334 g/mol. The van der Waals surface area contributed by atoms with Crippen molar-refractivity contribution in [2.24, 2.45) is 0 Å². The van der Waals surface area contributed by atoms with Crippen LogP contribution < -0.4 is 10.9 Å². The van der Waals surface area contributed by atoms with E-state index in [1.807, 2.05) is 0 Å². The van der Waals surface area contributed by atoms with Crippen LogP contribution in [0.4, 0.5) is 19.0 Å². The van der Waals surface area contributed by atoms with Crippen LogP contribution in [0.25, 0.3) is 10.9 Å². The zero-order valence-electron chi connectivity index (χ0n) is 12.6. The Hall–Kier alpha value is -2.90. The predicted molar refractivity (Wildman–Crippen MR) is 83.6 cm³/mol. The third-order valence-corrected chi connectivity index (χ3v) is 3.62. The summed E-state index contributed by atoms with van der Waals surface area (Å²) in [6.45, 7) is 1.72. The van der Waals surface area contributed by atoms with E-state index in [-0.39, 0.29) is 5.56 Å². The highest BCUT2D eigenvalue weighted by atomic mass is 19.4. The van der Waals surface area contributed by atoms with Crippen LogP contribution in [0, 0.1) is 0 Å². The normalized spacial score (nSPS) is 13.0. The highest BCUT2D eigenvalue weighted by Gasteiger charge is 2.30. The van der Waals surface area contributed by atoms with Gasteiger partial charge in [0, 0.05) is 11.5 Å².